The lowest BCUT2D eigenvalue weighted by Gasteiger charge is -2.25. The Morgan fingerprint density at radius 1 is 1.24 bits per heavy atom. The molecular formula is C20H21NO3S. The summed E-state index contributed by atoms with van der Waals surface area (Å²) in [5.74, 6) is -0.546. The molecule has 0 fully saturated rings. The van der Waals surface area contributed by atoms with Gasteiger partial charge in [-0.05, 0) is 62.8 Å². The van der Waals surface area contributed by atoms with Crippen LogP contribution in [0.15, 0.2) is 30.3 Å². The molecule has 0 saturated carbocycles. The SMILES string of the molecule is C[C@H](OC(=O)c1cc2c(s1)CCC2)C(=O)N1c2ccccc2C[C@@H]1C. The molecule has 1 amide bonds. The summed E-state index contributed by atoms with van der Waals surface area (Å²) in [6.07, 6.45) is 3.29. The van der Waals surface area contributed by atoms with Gasteiger partial charge in [0, 0.05) is 16.6 Å². The van der Waals surface area contributed by atoms with Crippen molar-refractivity contribution in [3.05, 3.63) is 51.2 Å². The van der Waals surface area contributed by atoms with E-state index in [4.69, 9.17) is 4.74 Å². The van der Waals surface area contributed by atoms with Crippen LogP contribution in [0.3, 0.4) is 0 Å². The third kappa shape index (κ3) is 2.86. The number of rotatable bonds is 3. The summed E-state index contributed by atoms with van der Waals surface area (Å²) in [7, 11) is 0. The molecule has 1 aliphatic heterocycles. The van der Waals surface area contributed by atoms with E-state index in [9.17, 15) is 9.59 Å². The minimum Gasteiger partial charge on any atom is -0.448 e. The van der Waals surface area contributed by atoms with Gasteiger partial charge in [-0.15, -0.1) is 11.3 Å². The molecule has 2 aromatic rings. The third-order valence-electron chi connectivity index (χ3n) is 5.02. The third-order valence-corrected chi connectivity index (χ3v) is 6.24. The highest BCUT2D eigenvalue weighted by atomic mass is 32.1. The summed E-state index contributed by atoms with van der Waals surface area (Å²) in [6, 6.07) is 9.93. The van der Waals surface area contributed by atoms with E-state index in [2.05, 4.69) is 0 Å². The molecule has 1 aliphatic carbocycles. The predicted molar refractivity (Wildman–Crippen MR) is 98.3 cm³/mol. The molecule has 1 aromatic carbocycles. The van der Waals surface area contributed by atoms with Crippen LogP contribution >= 0.6 is 11.3 Å². The fourth-order valence-electron chi connectivity index (χ4n) is 3.80. The predicted octanol–water partition coefficient (Wildman–Crippen LogP) is 3.76. The Morgan fingerprint density at radius 2 is 2.04 bits per heavy atom. The van der Waals surface area contributed by atoms with E-state index in [0.717, 1.165) is 36.9 Å². The maximum atomic E-state index is 12.9. The zero-order valence-electron chi connectivity index (χ0n) is 14.5. The molecule has 5 heteroatoms. The van der Waals surface area contributed by atoms with Gasteiger partial charge in [-0.25, -0.2) is 4.79 Å². The Labute approximate surface area is 151 Å². The second-order valence-corrected chi connectivity index (χ2v) is 7.99. The number of fused-ring (bicyclic) bond motifs is 2. The lowest BCUT2D eigenvalue weighted by molar-refractivity contribution is -0.126. The second-order valence-electron chi connectivity index (χ2n) is 6.85. The van der Waals surface area contributed by atoms with Gasteiger partial charge in [-0.1, -0.05) is 18.2 Å². The summed E-state index contributed by atoms with van der Waals surface area (Å²) in [4.78, 5) is 29.0. The van der Waals surface area contributed by atoms with Crippen LogP contribution in [0, 0.1) is 0 Å². The minimum atomic E-state index is -0.793. The molecule has 0 N–H and O–H groups in total. The van der Waals surface area contributed by atoms with Crippen molar-refractivity contribution < 1.29 is 14.3 Å². The average molecular weight is 355 g/mol. The Morgan fingerprint density at radius 3 is 2.84 bits per heavy atom. The Bertz CT molecular complexity index is 820. The number of ether oxygens (including phenoxy) is 1. The van der Waals surface area contributed by atoms with Gasteiger partial charge >= 0.3 is 5.97 Å². The first-order valence-corrected chi connectivity index (χ1v) is 9.60. The van der Waals surface area contributed by atoms with Gasteiger partial charge in [0.1, 0.15) is 4.88 Å². The Hall–Kier alpha value is -2.14. The zero-order valence-corrected chi connectivity index (χ0v) is 15.3. The fourth-order valence-corrected chi connectivity index (χ4v) is 4.93. The van der Waals surface area contributed by atoms with Crippen molar-refractivity contribution in [1.82, 2.24) is 0 Å². The average Bonchev–Trinajstić information content (AvgIpc) is 3.25. The molecule has 0 saturated heterocycles. The first kappa shape index (κ1) is 16.3. The smallest absolute Gasteiger partial charge is 0.349 e. The quantitative estimate of drug-likeness (QED) is 0.788. The summed E-state index contributed by atoms with van der Waals surface area (Å²) in [5, 5.41) is 0. The van der Waals surface area contributed by atoms with Gasteiger partial charge in [0.15, 0.2) is 6.10 Å². The molecule has 2 heterocycles. The lowest BCUT2D eigenvalue weighted by atomic mass is 10.1. The molecule has 25 heavy (non-hydrogen) atoms. The van der Waals surface area contributed by atoms with Crippen LogP contribution in [0.1, 0.15) is 45.9 Å². The van der Waals surface area contributed by atoms with E-state index in [1.54, 1.807) is 11.8 Å². The van der Waals surface area contributed by atoms with Gasteiger partial charge in [0.25, 0.3) is 5.91 Å². The van der Waals surface area contributed by atoms with Crippen LogP contribution in [-0.4, -0.2) is 24.0 Å². The Balaban J connectivity index is 1.48. The van der Waals surface area contributed by atoms with Crippen LogP contribution in [0.25, 0.3) is 0 Å². The van der Waals surface area contributed by atoms with Gasteiger partial charge in [-0.2, -0.15) is 0 Å². The normalized spacial score (nSPS) is 19.4. The van der Waals surface area contributed by atoms with Gasteiger partial charge < -0.3 is 9.64 Å². The lowest BCUT2D eigenvalue weighted by Crippen LogP contribution is -2.43. The summed E-state index contributed by atoms with van der Waals surface area (Å²) < 4.78 is 5.49. The number of esters is 1. The highest BCUT2D eigenvalue weighted by Gasteiger charge is 2.34. The number of aryl methyl sites for hydroxylation is 2. The van der Waals surface area contributed by atoms with Crippen molar-refractivity contribution in [3.63, 3.8) is 0 Å². The molecule has 4 rings (SSSR count). The first-order valence-electron chi connectivity index (χ1n) is 8.78. The van der Waals surface area contributed by atoms with E-state index in [-0.39, 0.29) is 17.9 Å². The van der Waals surface area contributed by atoms with Crippen molar-refractivity contribution in [2.24, 2.45) is 0 Å². The van der Waals surface area contributed by atoms with Crippen molar-refractivity contribution >= 4 is 28.9 Å². The van der Waals surface area contributed by atoms with Crippen molar-refractivity contribution in [2.45, 2.75) is 51.7 Å². The van der Waals surface area contributed by atoms with Crippen LogP contribution < -0.4 is 4.90 Å². The van der Waals surface area contributed by atoms with Crippen LogP contribution in [-0.2, 0) is 28.8 Å². The highest BCUT2D eigenvalue weighted by molar-refractivity contribution is 7.14. The molecule has 130 valence electrons. The van der Waals surface area contributed by atoms with Gasteiger partial charge in [0.2, 0.25) is 0 Å². The van der Waals surface area contributed by atoms with Gasteiger partial charge in [0.05, 0.1) is 0 Å². The monoisotopic (exact) mass is 355 g/mol. The molecule has 0 radical (unpaired) electrons. The number of benzene rings is 1. The largest absolute Gasteiger partial charge is 0.448 e. The van der Waals surface area contributed by atoms with Crippen molar-refractivity contribution in [2.75, 3.05) is 4.90 Å². The number of hydrogen-bond donors (Lipinski definition) is 0. The van der Waals surface area contributed by atoms with E-state index < -0.39 is 6.10 Å². The first-order chi connectivity index (χ1) is 12.0. The molecule has 2 atom stereocenters. The van der Waals surface area contributed by atoms with E-state index in [1.165, 1.54) is 21.8 Å². The summed E-state index contributed by atoms with van der Waals surface area (Å²) >= 11 is 1.51. The topological polar surface area (TPSA) is 46.6 Å². The fraction of sp³-hybridized carbons (Fsp3) is 0.400. The molecule has 2 aliphatic rings. The number of nitrogens with zero attached hydrogens (tertiary/aromatic N) is 1. The number of amides is 1. The number of carbonyl (C=O) groups is 2. The number of anilines is 1. The summed E-state index contributed by atoms with van der Waals surface area (Å²) in [5.41, 5.74) is 3.35. The van der Waals surface area contributed by atoms with Gasteiger partial charge in [-0.3, -0.25) is 4.79 Å². The highest BCUT2D eigenvalue weighted by Crippen LogP contribution is 2.33. The zero-order chi connectivity index (χ0) is 17.6. The second kappa shape index (κ2) is 6.30. The maximum Gasteiger partial charge on any atom is 0.349 e. The number of carbonyl (C=O) groups excluding carboxylic acids is 2. The van der Waals surface area contributed by atoms with E-state index >= 15 is 0 Å². The van der Waals surface area contributed by atoms with E-state index in [1.807, 2.05) is 37.3 Å². The standard InChI is InChI=1S/C20H21NO3S/c1-12-10-14-6-3-4-8-16(14)21(12)19(22)13(2)24-20(23)18-11-15-7-5-9-17(15)25-18/h3-4,6,8,11-13H,5,7,9-10H2,1-2H3/t12-,13-/m0/s1. The molecule has 0 bridgehead atoms. The number of para-hydroxylation sites is 1. The molecule has 0 spiro atoms. The summed E-state index contributed by atoms with van der Waals surface area (Å²) in [6.45, 7) is 3.69. The van der Waals surface area contributed by atoms with Crippen molar-refractivity contribution in [3.8, 4) is 0 Å². The molecular weight excluding hydrogens is 334 g/mol. The number of thiophene rings is 1. The minimum absolute atomic E-state index is 0.0802. The molecule has 0 unspecified atom stereocenters. The van der Waals surface area contributed by atoms with Crippen LogP contribution in [0.2, 0.25) is 0 Å². The number of hydrogen-bond acceptors (Lipinski definition) is 4. The Kier molecular flexibility index (Phi) is 4.12. The maximum absolute atomic E-state index is 12.9. The van der Waals surface area contributed by atoms with E-state index in [0.29, 0.717) is 4.88 Å². The van der Waals surface area contributed by atoms with Crippen LogP contribution in [0.4, 0.5) is 5.69 Å². The van der Waals surface area contributed by atoms with Crippen LogP contribution in [0.5, 0.6) is 0 Å². The molecule has 1 aromatic heterocycles. The van der Waals surface area contributed by atoms with Crippen molar-refractivity contribution in [1.29, 1.82) is 0 Å². The molecule has 4 nitrogen and oxygen atoms in total.